The van der Waals surface area contributed by atoms with Crippen molar-refractivity contribution in [2.45, 2.75) is 13.0 Å². The third-order valence-corrected chi connectivity index (χ3v) is 5.12. The van der Waals surface area contributed by atoms with Gasteiger partial charge < -0.3 is 5.32 Å². The van der Waals surface area contributed by atoms with Crippen LogP contribution < -0.4 is 5.32 Å². The van der Waals surface area contributed by atoms with Crippen LogP contribution in [-0.2, 0) is 0 Å². The number of halogens is 4. The molecule has 1 heterocycles. The second-order valence-electron chi connectivity index (χ2n) is 3.75. The Labute approximate surface area is 131 Å². The fourth-order valence-electron chi connectivity index (χ4n) is 1.53. The molecule has 1 nitrogen and oxygen atoms in total. The molecule has 0 spiro atoms. The van der Waals surface area contributed by atoms with Crippen molar-refractivity contribution in [2.24, 2.45) is 0 Å². The summed E-state index contributed by atoms with van der Waals surface area (Å²) in [5, 5.41) is 3.64. The lowest BCUT2D eigenvalue weighted by Gasteiger charge is -2.16. The van der Waals surface area contributed by atoms with Crippen molar-refractivity contribution in [1.82, 2.24) is 0 Å². The van der Waals surface area contributed by atoms with Crippen molar-refractivity contribution in [3.8, 4) is 0 Å². The highest BCUT2D eigenvalue weighted by Crippen LogP contribution is 2.36. The molecule has 6 heteroatoms. The van der Waals surface area contributed by atoms with Crippen molar-refractivity contribution in [3.05, 3.63) is 48.2 Å². The Morgan fingerprint density at radius 3 is 2.61 bits per heavy atom. The van der Waals surface area contributed by atoms with Crippen LogP contribution in [0.2, 0.25) is 5.02 Å². The predicted octanol–water partition coefficient (Wildman–Crippen LogP) is 6.24. The molecule has 1 aromatic carbocycles. The molecule has 1 N–H and O–H groups in total. The van der Waals surface area contributed by atoms with Crippen molar-refractivity contribution < 1.29 is 4.39 Å². The van der Waals surface area contributed by atoms with E-state index in [0.717, 1.165) is 3.79 Å². The highest BCUT2D eigenvalue weighted by molar-refractivity contribution is 9.11. The van der Waals surface area contributed by atoms with Gasteiger partial charge in [0.05, 0.1) is 20.5 Å². The summed E-state index contributed by atoms with van der Waals surface area (Å²) < 4.78 is 14.8. The topological polar surface area (TPSA) is 12.0 Å². The summed E-state index contributed by atoms with van der Waals surface area (Å²) in [6.07, 6.45) is 0. The van der Waals surface area contributed by atoms with Crippen molar-refractivity contribution in [1.29, 1.82) is 0 Å². The Morgan fingerprint density at radius 2 is 2.06 bits per heavy atom. The lowest BCUT2D eigenvalue weighted by atomic mass is 10.2. The second-order valence-corrected chi connectivity index (χ2v) is 7.51. The summed E-state index contributed by atoms with van der Waals surface area (Å²) in [4.78, 5) is 1.18. The van der Waals surface area contributed by atoms with E-state index in [-0.39, 0.29) is 11.9 Å². The van der Waals surface area contributed by atoms with E-state index in [2.05, 4.69) is 37.2 Å². The first kappa shape index (κ1) is 14.3. The van der Waals surface area contributed by atoms with Crippen molar-refractivity contribution in [2.75, 3.05) is 5.32 Å². The molecule has 0 aliphatic heterocycles. The zero-order valence-electron chi connectivity index (χ0n) is 9.31. The summed E-state index contributed by atoms with van der Waals surface area (Å²) in [6, 6.07) is 6.83. The molecule has 0 bridgehead atoms. The van der Waals surface area contributed by atoms with Gasteiger partial charge in [-0.05, 0) is 63.0 Å². The molecule has 1 aromatic heterocycles. The first-order valence-corrected chi connectivity index (χ1v) is 7.91. The summed E-state index contributed by atoms with van der Waals surface area (Å²) in [6.45, 7) is 2.03. The Balaban J connectivity index is 2.24. The van der Waals surface area contributed by atoms with E-state index in [9.17, 15) is 4.39 Å². The summed E-state index contributed by atoms with van der Waals surface area (Å²) >= 11 is 14.4. The molecular weight excluding hydrogens is 404 g/mol. The summed E-state index contributed by atoms with van der Waals surface area (Å²) in [7, 11) is 0. The molecule has 0 amide bonds. The van der Waals surface area contributed by atoms with E-state index in [4.69, 9.17) is 11.6 Å². The zero-order chi connectivity index (χ0) is 13.3. The van der Waals surface area contributed by atoms with E-state index >= 15 is 0 Å². The monoisotopic (exact) mass is 411 g/mol. The summed E-state index contributed by atoms with van der Waals surface area (Å²) in [5.41, 5.74) is 0.704. The number of anilines is 1. The minimum atomic E-state index is -0.357. The molecule has 0 aliphatic rings. The SMILES string of the molecule is CC(Nc1c(Cl)cc(F)cc1Br)c1ccc(Br)s1. The average Bonchev–Trinajstić information content (AvgIpc) is 2.70. The van der Waals surface area contributed by atoms with Gasteiger partial charge in [0.1, 0.15) is 5.82 Å². The first-order chi connectivity index (χ1) is 8.47. The van der Waals surface area contributed by atoms with Crippen LogP contribution in [0.3, 0.4) is 0 Å². The molecule has 0 fully saturated rings. The highest BCUT2D eigenvalue weighted by atomic mass is 79.9. The number of nitrogens with one attached hydrogen (secondary N) is 1. The van der Waals surface area contributed by atoms with Crippen LogP contribution in [-0.4, -0.2) is 0 Å². The lowest BCUT2D eigenvalue weighted by molar-refractivity contribution is 0.627. The normalized spacial score (nSPS) is 12.5. The van der Waals surface area contributed by atoms with Gasteiger partial charge in [0, 0.05) is 9.35 Å². The van der Waals surface area contributed by atoms with E-state index in [1.165, 1.54) is 17.0 Å². The number of hydrogen-bond donors (Lipinski definition) is 1. The molecule has 1 unspecified atom stereocenters. The van der Waals surface area contributed by atoms with Gasteiger partial charge in [0.2, 0.25) is 0 Å². The average molecular weight is 414 g/mol. The van der Waals surface area contributed by atoms with Crippen LogP contribution in [0.5, 0.6) is 0 Å². The smallest absolute Gasteiger partial charge is 0.125 e. The fourth-order valence-corrected chi connectivity index (χ4v) is 3.88. The van der Waals surface area contributed by atoms with Crippen LogP contribution in [0.1, 0.15) is 17.8 Å². The van der Waals surface area contributed by atoms with Gasteiger partial charge in [-0.1, -0.05) is 11.6 Å². The van der Waals surface area contributed by atoms with Crippen molar-refractivity contribution >= 4 is 60.5 Å². The second kappa shape index (κ2) is 5.90. The van der Waals surface area contributed by atoms with E-state index < -0.39 is 0 Å². The fraction of sp³-hybridized carbons (Fsp3) is 0.167. The molecule has 96 valence electrons. The molecule has 2 rings (SSSR count). The Hall–Kier alpha value is -0.100. The molecule has 0 saturated heterocycles. The van der Waals surface area contributed by atoms with Crippen LogP contribution >= 0.6 is 54.8 Å². The Morgan fingerprint density at radius 1 is 1.33 bits per heavy atom. The number of thiophene rings is 1. The van der Waals surface area contributed by atoms with Crippen LogP contribution in [0.15, 0.2) is 32.5 Å². The van der Waals surface area contributed by atoms with Gasteiger partial charge in [0.15, 0.2) is 0 Å². The summed E-state index contributed by atoms with van der Waals surface area (Å²) in [5.74, 6) is -0.357. The van der Waals surface area contributed by atoms with Crippen molar-refractivity contribution in [3.63, 3.8) is 0 Å². The van der Waals surface area contributed by atoms with Gasteiger partial charge in [-0.15, -0.1) is 11.3 Å². The molecule has 18 heavy (non-hydrogen) atoms. The third kappa shape index (κ3) is 3.26. The molecule has 0 aliphatic carbocycles. The highest BCUT2D eigenvalue weighted by Gasteiger charge is 2.13. The van der Waals surface area contributed by atoms with Gasteiger partial charge in [0.25, 0.3) is 0 Å². The predicted molar refractivity (Wildman–Crippen MR) is 83.2 cm³/mol. The maximum absolute atomic E-state index is 13.1. The third-order valence-electron chi connectivity index (χ3n) is 2.39. The Kier molecular flexibility index (Phi) is 4.69. The Bertz CT molecular complexity index is 550. The van der Waals surface area contributed by atoms with E-state index in [0.29, 0.717) is 15.2 Å². The first-order valence-electron chi connectivity index (χ1n) is 5.13. The van der Waals surface area contributed by atoms with Crippen LogP contribution in [0.25, 0.3) is 0 Å². The zero-order valence-corrected chi connectivity index (χ0v) is 14.1. The van der Waals surface area contributed by atoms with E-state index in [1.807, 2.05) is 19.1 Å². The maximum Gasteiger partial charge on any atom is 0.125 e. The van der Waals surface area contributed by atoms with Gasteiger partial charge >= 0.3 is 0 Å². The largest absolute Gasteiger partial charge is 0.376 e. The quantitative estimate of drug-likeness (QED) is 0.628. The number of hydrogen-bond acceptors (Lipinski definition) is 2. The van der Waals surface area contributed by atoms with Gasteiger partial charge in [-0.3, -0.25) is 0 Å². The number of rotatable bonds is 3. The molecule has 1 atom stereocenters. The van der Waals surface area contributed by atoms with Gasteiger partial charge in [-0.25, -0.2) is 4.39 Å². The minimum absolute atomic E-state index is 0.0977. The number of benzene rings is 1. The van der Waals surface area contributed by atoms with Crippen LogP contribution in [0.4, 0.5) is 10.1 Å². The molecule has 0 radical (unpaired) electrons. The minimum Gasteiger partial charge on any atom is -0.376 e. The lowest BCUT2D eigenvalue weighted by Crippen LogP contribution is -2.06. The molecule has 2 aromatic rings. The van der Waals surface area contributed by atoms with Gasteiger partial charge in [-0.2, -0.15) is 0 Å². The molecule has 0 saturated carbocycles. The van der Waals surface area contributed by atoms with E-state index in [1.54, 1.807) is 11.3 Å². The standard InChI is InChI=1S/C12H9Br2ClFNS/c1-6(10-2-3-11(14)18-10)17-12-8(13)4-7(16)5-9(12)15/h2-6,17H,1H3. The molecular formula is C12H9Br2ClFNS. The maximum atomic E-state index is 13.1. The van der Waals surface area contributed by atoms with Crippen LogP contribution in [0, 0.1) is 5.82 Å².